The molecule has 1 heterocycles. The highest BCUT2D eigenvalue weighted by Crippen LogP contribution is 2.08. The van der Waals surface area contributed by atoms with Gasteiger partial charge in [0, 0.05) is 13.2 Å². The Kier molecular flexibility index (Phi) is 4.90. The van der Waals surface area contributed by atoms with E-state index in [4.69, 9.17) is 4.74 Å². The third-order valence-corrected chi connectivity index (χ3v) is 2.43. The van der Waals surface area contributed by atoms with E-state index in [0.29, 0.717) is 26.4 Å². The lowest BCUT2D eigenvalue weighted by atomic mass is 10.2. The standard InChI is InChI=1S/C10H20N2O2/c1-3-5-9-10(13)12(8-11-9)6-7-14-4-2/h9,11H,3-8H2,1-2H3. The van der Waals surface area contributed by atoms with Gasteiger partial charge < -0.3 is 9.64 Å². The van der Waals surface area contributed by atoms with Crippen LogP contribution in [0.3, 0.4) is 0 Å². The topological polar surface area (TPSA) is 41.6 Å². The maximum absolute atomic E-state index is 11.7. The molecule has 0 spiro atoms. The summed E-state index contributed by atoms with van der Waals surface area (Å²) >= 11 is 0. The Balaban J connectivity index is 2.25. The number of hydrogen-bond acceptors (Lipinski definition) is 3. The van der Waals surface area contributed by atoms with Crippen LogP contribution in [0.4, 0.5) is 0 Å². The fourth-order valence-electron chi connectivity index (χ4n) is 1.63. The maximum Gasteiger partial charge on any atom is 0.240 e. The SMILES string of the molecule is CCCC1NCN(CCOCC)C1=O. The summed E-state index contributed by atoms with van der Waals surface area (Å²) in [4.78, 5) is 13.5. The van der Waals surface area contributed by atoms with Crippen molar-refractivity contribution in [3.63, 3.8) is 0 Å². The highest BCUT2D eigenvalue weighted by Gasteiger charge is 2.29. The van der Waals surface area contributed by atoms with Crippen LogP contribution in [-0.2, 0) is 9.53 Å². The second-order valence-electron chi connectivity index (χ2n) is 3.50. The molecule has 0 radical (unpaired) electrons. The molecule has 0 aromatic heterocycles. The van der Waals surface area contributed by atoms with E-state index in [1.54, 1.807) is 0 Å². The largest absolute Gasteiger partial charge is 0.380 e. The van der Waals surface area contributed by atoms with Crippen LogP contribution in [0.1, 0.15) is 26.7 Å². The molecule has 82 valence electrons. The van der Waals surface area contributed by atoms with Gasteiger partial charge in [-0.2, -0.15) is 0 Å². The van der Waals surface area contributed by atoms with Crippen LogP contribution in [0.5, 0.6) is 0 Å². The van der Waals surface area contributed by atoms with E-state index in [0.717, 1.165) is 12.8 Å². The number of nitrogens with zero attached hydrogens (tertiary/aromatic N) is 1. The first-order valence-corrected chi connectivity index (χ1v) is 5.39. The lowest BCUT2D eigenvalue weighted by Gasteiger charge is -2.14. The van der Waals surface area contributed by atoms with Gasteiger partial charge >= 0.3 is 0 Å². The minimum Gasteiger partial charge on any atom is -0.380 e. The molecule has 0 aliphatic carbocycles. The van der Waals surface area contributed by atoms with Crippen molar-refractivity contribution in [2.75, 3.05) is 26.4 Å². The third-order valence-electron chi connectivity index (χ3n) is 2.43. The molecule has 1 atom stereocenters. The van der Waals surface area contributed by atoms with Crippen molar-refractivity contribution >= 4 is 5.91 Å². The first-order chi connectivity index (χ1) is 6.79. The van der Waals surface area contributed by atoms with Gasteiger partial charge in [-0.25, -0.2) is 0 Å². The molecule has 4 nitrogen and oxygen atoms in total. The summed E-state index contributed by atoms with van der Waals surface area (Å²) in [6, 6.07) is 0.0432. The minimum absolute atomic E-state index is 0.0432. The molecule has 1 fully saturated rings. The van der Waals surface area contributed by atoms with E-state index < -0.39 is 0 Å². The molecule has 1 unspecified atom stereocenters. The molecule has 14 heavy (non-hydrogen) atoms. The lowest BCUT2D eigenvalue weighted by Crippen LogP contribution is -2.32. The van der Waals surface area contributed by atoms with Gasteiger partial charge in [-0.05, 0) is 13.3 Å². The maximum atomic E-state index is 11.7. The van der Waals surface area contributed by atoms with Gasteiger partial charge in [-0.3, -0.25) is 10.1 Å². The predicted molar refractivity (Wildman–Crippen MR) is 54.9 cm³/mol. The second kappa shape index (κ2) is 5.98. The van der Waals surface area contributed by atoms with Crippen LogP contribution in [0.2, 0.25) is 0 Å². The fourth-order valence-corrected chi connectivity index (χ4v) is 1.63. The highest BCUT2D eigenvalue weighted by atomic mass is 16.5. The first kappa shape index (κ1) is 11.5. The van der Waals surface area contributed by atoms with Crippen LogP contribution in [0.15, 0.2) is 0 Å². The molecule has 0 aromatic carbocycles. The van der Waals surface area contributed by atoms with Crippen LogP contribution in [0.25, 0.3) is 0 Å². The van der Waals surface area contributed by atoms with E-state index in [1.165, 1.54) is 0 Å². The summed E-state index contributed by atoms with van der Waals surface area (Å²) in [5.41, 5.74) is 0. The van der Waals surface area contributed by atoms with Crippen molar-refractivity contribution in [3.8, 4) is 0 Å². The Morgan fingerprint density at radius 2 is 2.36 bits per heavy atom. The molecule has 1 N–H and O–H groups in total. The summed E-state index contributed by atoms with van der Waals surface area (Å²) in [6.07, 6.45) is 1.98. The van der Waals surface area contributed by atoms with Crippen molar-refractivity contribution in [1.29, 1.82) is 0 Å². The number of amides is 1. The summed E-state index contributed by atoms with van der Waals surface area (Å²) < 4.78 is 5.22. The predicted octanol–water partition coefficient (Wildman–Crippen LogP) is 0.581. The van der Waals surface area contributed by atoms with Crippen LogP contribution in [0, 0.1) is 0 Å². The van der Waals surface area contributed by atoms with E-state index >= 15 is 0 Å². The number of rotatable bonds is 6. The quantitative estimate of drug-likeness (QED) is 0.638. The van der Waals surface area contributed by atoms with Gasteiger partial charge in [-0.15, -0.1) is 0 Å². The molecule has 1 amide bonds. The molecule has 1 saturated heterocycles. The van der Waals surface area contributed by atoms with E-state index in [9.17, 15) is 4.79 Å². The molecular weight excluding hydrogens is 180 g/mol. The third kappa shape index (κ3) is 2.96. The molecule has 1 aliphatic rings. The van der Waals surface area contributed by atoms with Gasteiger partial charge in [0.2, 0.25) is 5.91 Å². The summed E-state index contributed by atoms with van der Waals surface area (Å²) in [5.74, 6) is 0.228. The first-order valence-electron chi connectivity index (χ1n) is 5.39. The zero-order valence-electron chi connectivity index (χ0n) is 9.08. The van der Waals surface area contributed by atoms with Crippen molar-refractivity contribution < 1.29 is 9.53 Å². The molecule has 0 saturated carbocycles. The number of hydrogen-bond donors (Lipinski definition) is 1. The Labute approximate surface area is 85.6 Å². The van der Waals surface area contributed by atoms with Gasteiger partial charge in [0.25, 0.3) is 0 Å². The number of carbonyl (C=O) groups is 1. The molecule has 1 aliphatic heterocycles. The summed E-state index contributed by atoms with van der Waals surface area (Å²) in [7, 11) is 0. The number of ether oxygens (including phenoxy) is 1. The summed E-state index contributed by atoms with van der Waals surface area (Å²) in [6.45, 7) is 6.80. The van der Waals surface area contributed by atoms with Crippen molar-refractivity contribution in [1.82, 2.24) is 10.2 Å². The lowest BCUT2D eigenvalue weighted by molar-refractivity contribution is -0.129. The van der Waals surface area contributed by atoms with Crippen molar-refractivity contribution in [3.05, 3.63) is 0 Å². The van der Waals surface area contributed by atoms with Gasteiger partial charge in [-0.1, -0.05) is 13.3 Å². The van der Waals surface area contributed by atoms with Crippen LogP contribution >= 0.6 is 0 Å². The Bertz CT molecular complexity index is 185. The zero-order chi connectivity index (χ0) is 10.4. The van der Waals surface area contributed by atoms with Gasteiger partial charge in [0.15, 0.2) is 0 Å². The van der Waals surface area contributed by atoms with Crippen molar-refractivity contribution in [2.24, 2.45) is 0 Å². The van der Waals surface area contributed by atoms with Crippen LogP contribution < -0.4 is 5.32 Å². The molecule has 4 heteroatoms. The average molecular weight is 200 g/mol. The highest BCUT2D eigenvalue weighted by molar-refractivity contribution is 5.83. The summed E-state index contributed by atoms with van der Waals surface area (Å²) in [5, 5.41) is 3.21. The normalized spacial score (nSPS) is 22.0. The molecular formula is C10H20N2O2. The zero-order valence-corrected chi connectivity index (χ0v) is 9.08. The smallest absolute Gasteiger partial charge is 0.240 e. The Morgan fingerprint density at radius 1 is 1.57 bits per heavy atom. The van der Waals surface area contributed by atoms with E-state index in [1.807, 2.05) is 11.8 Å². The minimum atomic E-state index is 0.0432. The fraction of sp³-hybridized carbons (Fsp3) is 0.900. The van der Waals surface area contributed by atoms with E-state index in [-0.39, 0.29) is 11.9 Å². The van der Waals surface area contributed by atoms with Gasteiger partial charge in [0.05, 0.1) is 19.3 Å². The average Bonchev–Trinajstić information content (AvgIpc) is 2.51. The monoisotopic (exact) mass is 200 g/mol. The van der Waals surface area contributed by atoms with Gasteiger partial charge in [0.1, 0.15) is 0 Å². The molecule has 1 rings (SSSR count). The Morgan fingerprint density at radius 3 is 3.00 bits per heavy atom. The molecule has 0 aromatic rings. The van der Waals surface area contributed by atoms with Crippen LogP contribution in [-0.4, -0.2) is 43.3 Å². The number of carbonyl (C=O) groups excluding carboxylic acids is 1. The number of nitrogens with one attached hydrogen (secondary N) is 1. The van der Waals surface area contributed by atoms with E-state index in [2.05, 4.69) is 12.2 Å². The van der Waals surface area contributed by atoms with Crippen molar-refractivity contribution in [2.45, 2.75) is 32.7 Å². The molecule has 0 bridgehead atoms. The second-order valence-corrected chi connectivity index (χ2v) is 3.50. The Hall–Kier alpha value is -0.610.